The first-order valence-electron chi connectivity index (χ1n) is 11.1. The predicted octanol–water partition coefficient (Wildman–Crippen LogP) is 6.08. The van der Waals surface area contributed by atoms with Crippen LogP contribution in [0.1, 0.15) is 40.5 Å². The molecule has 0 saturated carbocycles. The number of carbonyl (C=O) groups excluding carboxylic acids is 1. The minimum absolute atomic E-state index is 0.0321. The van der Waals surface area contributed by atoms with Crippen LogP contribution in [0.3, 0.4) is 0 Å². The molecule has 0 fully saturated rings. The van der Waals surface area contributed by atoms with E-state index >= 15 is 0 Å². The van der Waals surface area contributed by atoms with E-state index in [9.17, 15) is 20.2 Å². The Bertz CT molecular complexity index is 1420. The average Bonchev–Trinajstić information content (AvgIpc) is 3.50. The third-order valence-corrected chi connectivity index (χ3v) is 7.45. The topological polar surface area (TPSA) is 92.2 Å². The predicted molar refractivity (Wildman–Crippen MR) is 131 cm³/mol. The number of hydrogen-bond acceptors (Lipinski definition) is 6. The fourth-order valence-electron chi connectivity index (χ4n) is 4.88. The molecule has 3 heterocycles. The molecular formula is C26H22N4O3S. The highest BCUT2D eigenvalue weighted by atomic mass is 32.1. The standard InChI is InChI=1S/C26H22N4O3S/c1-16-8-10-18(30(32)33)14-21(16)29-20-6-5-7-22(31)25(20)24(23-11-9-17(2)34-23)19(15-27)26(29)28-12-3-4-13-28/h3-4,8-14,24H,5-7H2,1-2H3/t24-/m0/s1. The molecule has 0 spiro atoms. The average molecular weight is 471 g/mol. The van der Waals surface area contributed by atoms with Gasteiger partial charge in [0, 0.05) is 52.0 Å². The maximum atomic E-state index is 13.4. The molecule has 5 rings (SSSR count). The molecule has 1 aliphatic carbocycles. The van der Waals surface area contributed by atoms with Crippen LogP contribution in [0.15, 0.2) is 71.7 Å². The van der Waals surface area contributed by atoms with Gasteiger partial charge in [-0.15, -0.1) is 11.3 Å². The van der Waals surface area contributed by atoms with Crippen LogP contribution in [-0.2, 0) is 4.79 Å². The minimum Gasteiger partial charge on any atom is -0.309 e. The van der Waals surface area contributed by atoms with Crippen molar-refractivity contribution in [3.8, 4) is 6.07 Å². The molecule has 1 aromatic carbocycles. The van der Waals surface area contributed by atoms with Crippen molar-refractivity contribution in [2.75, 3.05) is 4.90 Å². The number of thiophene rings is 1. The van der Waals surface area contributed by atoms with Crippen molar-refractivity contribution in [1.29, 1.82) is 5.26 Å². The molecule has 7 nitrogen and oxygen atoms in total. The van der Waals surface area contributed by atoms with Crippen molar-refractivity contribution >= 4 is 34.3 Å². The van der Waals surface area contributed by atoms with E-state index in [2.05, 4.69) is 6.07 Å². The van der Waals surface area contributed by atoms with Gasteiger partial charge in [-0.2, -0.15) is 5.26 Å². The smallest absolute Gasteiger partial charge is 0.271 e. The molecule has 0 radical (unpaired) electrons. The molecule has 1 aliphatic heterocycles. The molecule has 8 heteroatoms. The summed E-state index contributed by atoms with van der Waals surface area (Å²) in [5.41, 5.74) is 3.30. The Morgan fingerprint density at radius 2 is 1.91 bits per heavy atom. The summed E-state index contributed by atoms with van der Waals surface area (Å²) in [5, 5.41) is 22.1. The first-order valence-corrected chi connectivity index (χ1v) is 11.9. The van der Waals surface area contributed by atoms with Crippen LogP contribution < -0.4 is 4.90 Å². The van der Waals surface area contributed by atoms with E-state index in [4.69, 9.17) is 0 Å². The largest absolute Gasteiger partial charge is 0.309 e. The van der Waals surface area contributed by atoms with Crippen LogP contribution in [0.4, 0.5) is 11.4 Å². The van der Waals surface area contributed by atoms with Gasteiger partial charge in [0.25, 0.3) is 5.69 Å². The van der Waals surface area contributed by atoms with Gasteiger partial charge in [-0.1, -0.05) is 6.07 Å². The number of allylic oxidation sites excluding steroid dienone is 3. The van der Waals surface area contributed by atoms with Crippen molar-refractivity contribution in [1.82, 2.24) is 4.57 Å². The number of benzene rings is 1. The van der Waals surface area contributed by atoms with Gasteiger partial charge >= 0.3 is 0 Å². The van der Waals surface area contributed by atoms with Crippen molar-refractivity contribution in [3.63, 3.8) is 0 Å². The quantitative estimate of drug-likeness (QED) is 0.340. The summed E-state index contributed by atoms with van der Waals surface area (Å²) in [4.78, 5) is 28.5. The van der Waals surface area contributed by atoms with Crippen molar-refractivity contribution in [2.24, 2.45) is 0 Å². The summed E-state index contributed by atoms with van der Waals surface area (Å²) >= 11 is 1.59. The Morgan fingerprint density at radius 1 is 1.15 bits per heavy atom. The number of nitro groups is 1. The molecule has 3 aromatic rings. The van der Waals surface area contributed by atoms with E-state index in [1.165, 1.54) is 12.1 Å². The summed E-state index contributed by atoms with van der Waals surface area (Å²) in [6, 6.07) is 14.9. The normalized spacial score (nSPS) is 18.2. The number of ketones is 1. The molecular weight excluding hydrogens is 448 g/mol. The van der Waals surface area contributed by atoms with Crippen LogP contribution in [0, 0.1) is 35.3 Å². The number of aromatic nitrogens is 1. The van der Waals surface area contributed by atoms with Crippen LogP contribution >= 0.6 is 11.3 Å². The highest BCUT2D eigenvalue weighted by molar-refractivity contribution is 7.12. The van der Waals surface area contributed by atoms with Gasteiger partial charge in [-0.3, -0.25) is 19.8 Å². The van der Waals surface area contributed by atoms with Crippen LogP contribution in [-0.4, -0.2) is 15.3 Å². The highest BCUT2D eigenvalue weighted by Crippen LogP contribution is 2.50. The van der Waals surface area contributed by atoms with Gasteiger partial charge in [0.1, 0.15) is 5.82 Å². The lowest BCUT2D eigenvalue weighted by Crippen LogP contribution is -2.36. The van der Waals surface area contributed by atoms with Crippen molar-refractivity contribution in [2.45, 2.75) is 39.0 Å². The van der Waals surface area contributed by atoms with Crippen molar-refractivity contribution in [3.05, 3.63) is 97.1 Å². The molecule has 0 amide bonds. The number of non-ortho nitro benzene ring substituents is 1. The van der Waals surface area contributed by atoms with Gasteiger partial charge < -0.3 is 4.57 Å². The second-order valence-corrected chi connectivity index (χ2v) is 9.84. The van der Waals surface area contributed by atoms with Crippen LogP contribution in [0.5, 0.6) is 0 Å². The summed E-state index contributed by atoms with van der Waals surface area (Å²) in [6.45, 7) is 3.90. The number of Topliss-reactive ketones (excluding diaryl/α,β-unsaturated/α-hetero) is 1. The van der Waals surface area contributed by atoms with Gasteiger partial charge in [0.15, 0.2) is 5.78 Å². The zero-order valence-corrected chi connectivity index (χ0v) is 19.6. The maximum absolute atomic E-state index is 13.4. The Balaban J connectivity index is 1.87. The van der Waals surface area contributed by atoms with Crippen molar-refractivity contribution < 1.29 is 9.72 Å². The first-order chi connectivity index (χ1) is 16.4. The highest BCUT2D eigenvalue weighted by Gasteiger charge is 2.42. The zero-order valence-electron chi connectivity index (χ0n) is 18.8. The molecule has 0 saturated heterocycles. The summed E-state index contributed by atoms with van der Waals surface area (Å²) < 4.78 is 1.87. The van der Waals surface area contributed by atoms with Gasteiger partial charge in [-0.05, 0) is 56.5 Å². The number of aryl methyl sites for hydroxylation is 2. The number of nitrogens with zero attached hydrogens (tertiary/aromatic N) is 4. The third-order valence-electron chi connectivity index (χ3n) is 6.39. The second kappa shape index (κ2) is 8.43. The SMILES string of the molecule is Cc1ccc([C@@H]2C(C#N)=C(n3cccc3)N(c3cc([N+](=O)[O-])ccc3C)C3=C2C(=O)CCC3)s1. The molecule has 170 valence electrons. The molecule has 2 aromatic heterocycles. The monoisotopic (exact) mass is 470 g/mol. The third kappa shape index (κ3) is 3.45. The lowest BCUT2D eigenvalue weighted by atomic mass is 9.78. The number of rotatable bonds is 4. The maximum Gasteiger partial charge on any atom is 0.271 e. The number of nitro benzene ring substituents is 1. The van der Waals surface area contributed by atoms with Gasteiger partial charge in [-0.25, -0.2) is 0 Å². The Morgan fingerprint density at radius 3 is 2.56 bits per heavy atom. The summed E-state index contributed by atoms with van der Waals surface area (Å²) in [6.07, 6.45) is 5.49. The number of hydrogen-bond donors (Lipinski definition) is 0. The Kier molecular flexibility index (Phi) is 5.42. The fraction of sp³-hybridized carbons (Fsp3) is 0.231. The van der Waals surface area contributed by atoms with Crippen LogP contribution in [0.25, 0.3) is 5.82 Å². The van der Waals surface area contributed by atoms with E-state index in [-0.39, 0.29) is 11.5 Å². The Hall–Kier alpha value is -3.96. The fourth-order valence-corrected chi connectivity index (χ4v) is 5.88. The molecule has 0 bridgehead atoms. The lowest BCUT2D eigenvalue weighted by Gasteiger charge is -2.41. The van der Waals surface area contributed by atoms with E-state index in [1.807, 2.05) is 60.0 Å². The molecule has 34 heavy (non-hydrogen) atoms. The zero-order chi connectivity index (χ0) is 24.0. The van der Waals surface area contributed by atoms with Gasteiger partial charge in [0.05, 0.1) is 28.2 Å². The number of anilines is 1. The van der Waals surface area contributed by atoms with Gasteiger partial charge in [0.2, 0.25) is 0 Å². The summed E-state index contributed by atoms with van der Waals surface area (Å²) in [5.74, 6) is 0.185. The molecule has 2 aliphatic rings. The van der Waals surface area contributed by atoms with E-state index < -0.39 is 10.8 Å². The van der Waals surface area contributed by atoms with E-state index in [0.717, 1.165) is 21.0 Å². The molecule has 0 N–H and O–H groups in total. The summed E-state index contributed by atoms with van der Waals surface area (Å²) in [7, 11) is 0. The number of carbonyl (C=O) groups is 1. The van der Waals surface area contributed by atoms with Crippen LogP contribution in [0.2, 0.25) is 0 Å². The first kappa shape index (κ1) is 21.9. The molecule has 0 unspecified atom stereocenters. The van der Waals surface area contributed by atoms with E-state index in [0.29, 0.717) is 41.9 Å². The minimum atomic E-state index is -0.459. The molecule has 1 atom stereocenters. The van der Waals surface area contributed by atoms with E-state index in [1.54, 1.807) is 17.4 Å². The lowest BCUT2D eigenvalue weighted by molar-refractivity contribution is -0.384. The number of nitriles is 1. The Labute approximate surface area is 201 Å². The second-order valence-electron chi connectivity index (χ2n) is 8.52.